The standard InChI is InChI=1S/C21H25N3O5/c1-21(2,22)18(20(28)24-29)23-19(27)15-9-7-13(8-10-15)5-3-4-6-14-11-16(25)17(26)12-14/h7-10,14,16-18,25-26,29H,11-12,22H2,1-2H3,(H,23,27)(H,24,28)/t14?,16-,17+,18?. The molecule has 1 aromatic rings. The van der Waals surface area contributed by atoms with Gasteiger partial charge in [-0.1, -0.05) is 11.8 Å². The van der Waals surface area contributed by atoms with E-state index in [4.69, 9.17) is 10.9 Å². The first-order valence-electron chi connectivity index (χ1n) is 9.13. The molecule has 1 aromatic carbocycles. The Morgan fingerprint density at radius 2 is 1.72 bits per heavy atom. The number of amides is 2. The maximum Gasteiger partial charge on any atom is 0.267 e. The minimum atomic E-state index is -1.12. The highest BCUT2D eigenvalue weighted by Crippen LogP contribution is 2.25. The second kappa shape index (κ2) is 9.55. The molecule has 0 radical (unpaired) electrons. The maximum atomic E-state index is 12.4. The van der Waals surface area contributed by atoms with E-state index >= 15 is 0 Å². The second-order valence-electron chi connectivity index (χ2n) is 7.60. The molecule has 1 fully saturated rings. The van der Waals surface area contributed by atoms with Gasteiger partial charge in [-0.05, 0) is 62.8 Å². The molecule has 8 heteroatoms. The van der Waals surface area contributed by atoms with Gasteiger partial charge in [-0.25, -0.2) is 5.48 Å². The van der Waals surface area contributed by atoms with E-state index in [1.54, 1.807) is 38.1 Å². The first kappa shape index (κ1) is 22.4. The van der Waals surface area contributed by atoms with Gasteiger partial charge in [-0.2, -0.15) is 0 Å². The van der Waals surface area contributed by atoms with Gasteiger partial charge in [-0.3, -0.25) is 14.8 Å². The summed E-state index contributed by atoms with van der Waals surface area (Å²) >= 11 is 0. The summed E-state index contributed by atoms with van der Waals surface area (Å²) in [5.74, 6) is 9.80. The number of rotatable bonds is 4. The lowest BCUT2D eigenvalue weighted by atomic mass is 9.95. The molecule has 2 unspecified atom stereocenters. The molecule has 0 spiro atoms. The third kappa shape index (κ3) is 6.31. The number of benzene rings is 1. The van der Waals surface area contributed by atoms with Gasteiger partial charge < -0.3 is 21.3 Å². The Balaban J connectivity index is 2.00. The smallest absolute Gasteiger partial charge is 0.267 e. The summed E-state index contributed by atoms with van der Waals surface area (Å²) in [5.41, 5.74) is 7.25. The van der Waals surface area contributed by atoms with Crippen LogP contribution < -0.4 is 16.5 Å². The highest BCUT2D eigenvalue weighted by Gasteiger charge is 2.33. The summed E-state index contributed by atoms with van der Waals surface area (Å²) in [6.07, 6.45) is -0.578. The van der Waals surface area contributed by atoms with E-state index in [1.165, 1.54) is 5.48 Å². The average molecular weight is 399 g/mol. The SMILES string of the molecule is CC(C)(N)C(NC(=O)c1ccc(C#CC#CC2C[C@@H](O)[C@@H](O)C2)cc1)C(=O)NO. The normalized spacial score (nSPS) is 21.8. The molecule has 1 aliphatic carbocycles. The molecule has 1 saturated carbocycles. The number of nitrogens with two attached hydrogens (primary N) is 1. The number of aliphatic hydroxyl groups excluding tert-OH is 2. The molecule has 0 aromatic heterocycles. The van der Waals surface area contributed by atoms with Crippen LogP contribution in [0.4, 0.5) is 0 Å². The Labute approximate surface area is 169 Å². The summed E-state index contributed by atoms with van der Waals surface area (Å²) in [7, 11) is 0. The predicted octanol–water partition coefficient (Wildman–Crippen LogP) is -0.486. The van der Waals surface area contributed by atoms with Crippen LogP contribution in [-0.2, 0) is 4.79 Å². The zero-order valence-electron chi connectivity index (χ0n) is 16.3. The number of carbonyl (C=O) groups is 2. The van der Waals surface area contributed by atoms with E-state index in [0.717, 1.165) is 0 Å². The number of nitrogens with one attached hydrogen (secondary N) is 2. The second-order valence-corrected chi connectivity index (χ2v) is 7.60. The van der Waals surface area contributed by atoms with Crippen LogP contribution in [-0.4, -0.2) is 51.0 Å². The third-order valence-corrected chi connectivity index (χ3v) is 4.58. The Morgan fingerprint density at radius 3 is 2.24 bits per heavy atom. The Morgan fingerprint density at radius 1 is 1.14 bits per heavy atom. The van der Waals surface area contributed by atoms with Crippen LogP contribution in [0.1, 0.15) is 42.6 Å². The largest absolute Gasteiger partial charge is 0.390 e. The van der Waals surface area contributed by atoms with Crippen molar-refractivity contribution in [3.63, 3.8) is 0 Å². The van der Waals surface area contributed by atoms with Gasteiger partial charge in [0.2, 0.25) is 0 Å². The zero-order chi connectivity index (χ0) is 21.6. The molecular weight excluding hydrogens is 374 g/mol. The van der Waals surface area contributed by atoms with Gasteiger partial charge in [0.15, 0.2) is 0 Å². The Kier molecular flexibility index (Phi) is 7.38. The van der Waals surface area contributed by atoms with E-state index in [9.17, 15) is 19.8 Å². The van der Waals surface area contributed by atoms with Crippen molar-refractivity contribution in [1.82, 2.24) is 10.8 Å². The molecule has 0 heterocycles. The number of hydrogen-bond donors (Lipinski definition) is 6. The summed E-state index contributed by atoms with van der Waals surface area (Å²) < 4.78 is 0. The predicted molar refractivity (Wildman–Crippen MR) is 105 cm³/mol. The molecule has 0 saturated heterocycles. The summed E-state index contributed by atoms with van der Waals surface area (Å²) in [5, 5.41) is 30.3. The van der Waals surface area contributed by atoms with Crippen LogP contribution >= 0.6 is 0 Å². The number of aliphatic hydroxyl groups is 2. The lowest BCUT2D eigenvalue weighted by molar-refractivity contribution is -0.132. The molecule has 0 bridgehead atoms. The van der Waals surface area contributed by atoms with Crippen LogP contribution in [0.15, 0.2) is 24.3 Å². The molecular formula is C21H25N3O5. The monoisotopic (exact) mass is 399 g/mol. The van der Waals surface area contributed by atoms with E-state index in [-0.39, 0.29) is 5.92 Å². The lowest BCUT2D eigenvalue weighted by Crippen LogP contribution is -2.61. The zero-order valence-corrected chi connectivity index (χ0v) is 16.3. The molecule has 2 amide bonds. The molecule has 154 valence electrons. The fourth-order valence-corrected chi connectivity index (χ4v) is 2.93. The fraction of sp³-hybridized carbons (Fsp3) is 0.429. The van der Waals surface area contributed by atoms with E-state index in [2.05, 4.69) is 29.0 Å². The molecule has 0 aliphatic heterocycles. The van der Waals surface area contributed by atoms with Crippen LogP contribution in [0.25, 0.3) is 0 Å². The minimum Gasteiger partial charge on any atom is -0.390 e. The molecule has 4 atom stereocenters. The van der Waals surface area contributed by atoms with Gasteiger partial charge in [0.05, 0.1) is 12.2 Å². The number of carbonyl (C=O) groups excluding carboxylic acids is 2. The first-order chi connectivity index (χ1) is 13.6. The summed E-state index contributed by atoms with van der Waals surface area (Å²) in [4.78, 5) is 24.1. The topological polar surface area (TPSA) is 145 Å². The van der Waals surface area contributed by atoms with Crippen LogP contribution in [0.2, 0.25) is 0 Å². The van der Waals surface area contributed by atoms with Crippen LogP contribution in [0.3, 0.4) is 0 Å². The molecule has 2 rings (SSSR count). The van der Waals surface area contributed by atoms with Gasteiger partial charge in [-0.15, -0.1) is 0 Å². The first-order valence-corrected chi connectivity index (χ1v) is 9.13. The van der Waals surface area contributed by atoms with Crippen molar-refractivity contribution in [3.8, 4) is 23.7 Å². The van der Waals surface area contributed by atoms with Gasteiger partial charge in [0, 0.05) is 22.6 Å². The number of hydroxylamine groups is 1. The summed E-state index contributed by atoms with van der Waals surface area (Å²) in [6, 6.07) is 5.26. The Bertz CT molecular complexity index is 858. The van der Waals surface area contributed by atoms with Gasteiger partial charge >= 0.3 is 0 Å². The fourth-order valence-electron chi connectivity index (χ4n) is 2.93. The molecule has 8 nitrogen and oxygen atoms in total. The van der Waals surface area contributed by atoms with Gasteiger partial charge in [0.1, 0.15) is 6.04 Å². The van der Waals surface area contributed by atoms with Gasteiger partial charge in [0.25, 0.3) is 11.8 Å². The molecule has 1 aliphatic rings. The van der Waals surface area contributed by atoms with Crippen molar-refractivity contribution >= 4 is 11.8 Å². The average Bonchev–Trinajstić information content (AvgIpc) is 2.99. The van der Waals surface area contributed by atoms with Crippen LogP contribution in [0.5, 0.6) is 0 Å². The van der Waals surface area contributed by atoms with Crippen molar-refractivity contribution in [1.29, 1.82) is 0 Å². The maximum absolute atomic E-state index is 12.4. The summed E-state index contributed by atoms with van der Waals surface area (Å²) in [6.45, 7) is 3.11. The minimum absolute atomic E-state index is 0.0729. The van der Waals surface area contributed by atoms with E-state index in [0.29, 0.717) is 24.0 Å². The van der Waals surface area contributed by atoms with E-state index < -0.39 is 35.6 Å². The van der Waals surface area contributed by atoms with Crippen molar-refractivity contribution in [2.75, 3.05) is 0 Å². The van der Waals surface area contributed by atoms with Crippen molar-refractivity contribution in [3.05, 3.63) is 35.4 Å². The quantitative estimate of drug-likeness (QED) is 0.229. The highest BCUT2D eigenvalue weighted by molar-refractivity contribution is 5.97. The van der Waals surface area contributed by atoms with Crippen molar-refractivity contribution in [2.24, 2.45) is 11.7 Å². The van der Waals surface area contributed by atoms with E-state index in [1.807, 2.05) is 0 Å². The third-order valence-electron chi connectivity index (χ3n) is 4.58. The lowest BCUT2D eigenvalue weighted by Gasteiger charge is -2.29. The molecule has 29 heavy (non-hydrogen) atoms. The molecule has 7 N–H and O–H groups in total. The van der Waals surface area contributed by atoms with Crippen molar-refractivity contribution < 1.29 is 25.0 Å². The Hall–Kier alpha value is -2.88. The highest BCUT2D eigenvalue weighted by atomic mass is 16.5. The van der Waals surface area contributed by atoms with Crippen LogP contribution in [0, 0.1) is 29.6 Å². The van der Waals surface area contributed by atoms with Crippen molar-refractivity contribution in [2.45, 2.75) is 50.5 Å². The number of hydrogen-bond acceptors (Lipinski definition) is 6.